The smallest absolute Gasteiger partial charge is 0.348 e. The number of halogens is 3. The van der Waals surface area contributed by atoms with Gasteiger partial charge in [0.1, 0.15) is 0 Å². The Morgan fingerprint density at radius 1 is 1.00 bits per heavy atom. The molecule has 1 aliphatic rings. The SMILES string of the molecule is O=C(NCc1ccc(S(=O)(=O)N2CCCCC2)cc1)c1cccc(C(F)(F)F)c1. The van der Waals surface area contributed by atoms with Gasteiger partial charge in [0.2, 0.25) is 10.0 Å². The standard InChI is InChI=1S/C20H21F3N2O3S/c21-20(22,23)17-6-4-5-16(13-17)19(26)24-14-15-7-9-18(10-8-15)29(27,28)25-11-2-1-3-12-25/h4-10,13H,1-3,11-12,14H2,(H,24,26). The van der Waals surface area contributed by atoms with Gasteiger partial charge < -0.3 is 5.32 Å². The van der Waals surface area contributed by atoms with Crippen molar-refractivity contribution in [3.8, 4) is 0 Å². The number of benzene rings is 2. The number of amides is 1. The number of carbonyl (C=O) groups is 1. The molecule has 0 atom stereocenters. The van der Waals surface area contributed by atoms with Crippen LogP contribution in [0.1, 0.15) is 40.7 Å². The van der Waals surface area contributed by atoms with E-state index in [1.165, 1.54) is 28.6 Å². The average molecular weight is 426 g/mol. The molecule has 0 saturated carbocycles. The van der Waals surface area contributed by atoms with Gasteiger partial charge in [0.15, 0.2) is 0 Å². The van der Waals surface area contributed by atoms with Crippen molar-refractivity contribution in [2.24, 2.45) is 0 Å². The molecule has 1 saturated heterocycles. The molecule has 1 aliphatic heterocycles. The first-order valence-corrected chi connectivity index (χ1v) is 10.7. The maximum Gasteiger partial charge on any atom is 0.416 e. The molecule has 0 aromatic heterocycles. The molecule has 0 bridgehead atoms. The van der Waals surface area contributed by atoms with Gasteiger partial charge in [-0.1, -0.05) is 24.6 Å². The van der Waals surface area contributed by atoms with E-state index < -0.39 is 27.7 Å². The van der Waals surface area contributed by atoms with Crippen molar-refractivity contribution in [1.29, 1.82) is 0 Å². The van der Waals surface area contributed by atoms with E-state index in [2.05, 4.69) is 5.32 Å². The zero-order valence-electron chi connectivity index (χ0n) is 15.6. The summed E-state index contributed by atoms with van der Waals surface area (Å²) in [6.07, 6.45) is -1.81. The topological polar surface area (TPSA) is 66.5 Å². The lowest BCUT2D eigenvalue weighted by Crippen LogP contribution is -2.35. The summed E-state index contributed by atoms with van der Waals surface area (Å²) in [6.45, 7) is 1.09. The van der Waals surface area contributed by atoms with Crippen molar-refractivity contribution in [2.75, 3.05) is 13.1 Å². The van der Waals surface area contributed by atoms with Crippen molar-refractivity contribution in [2.45, 2.75) is 36.9 Å². The summed E-state index contributed by atoms with van der Waals surface area (Å²) in [6, 6.07) is 10.3. The van der Waals surface area contributed by atoms with Gasteiger partial charge in [0, 0.05) is 25.2 Å². The molecule has 1 amide bonds. The van der Waals surface area contributed by atoms with Crippen LogP contribution in [-0.4, -0.2) is 31.7 Å². The molecular weight excluding hydrogens is 405 g/mol. The van der Waals surface area contributed by atoms with Crippen molar-refractivity contribution >= 4 is 15.9 Å². The summed E-state index contributed by atoms with van der Waals surface area (Å²) in [5.41, 5.74) is -0.343. The van der Waals surface area contributed by atoms with Crippen LogP contribution in [0.2, 0.25) is 0 Å². The van der Waals surface area contributed by atoms with Crippen molar-refractivity contribution in [3.05, 3.63) is 65.2 Å². The second-order valence-electron chi connectivity index (χ2n) is 6.87. The first kappa shape index (κ1) is 21.3. The van der Waals surface area contributed by atoms with Crippen molar-refractivity contribution in [3.63, 3.8) is 0 Å². The Labute approximate surface area is 167 Å². The minimum absolute atomic E-state index is 0.0686. The summed E-state index contributed by atoms with van der Waals surface area (Å²) >= 11 is 0. The number of piperidine rings is 1. The Morgan fingerprint density at radius 3 is 2.28 bits per heavy atom. The number of rotatable bonds is 5. The van der Waals surface area contributed by atoms with E-state index in [1.807, 2.05) is 0 Å². The van der Waals surface area contributed by atoms with Crippen LogP contribution >= 0.6 is 0 Å². The van der Waals surface area contributed by atoms with Gasteiger partial charge in [-0.25, -0.2) is 8.42 Å². The van der Waals surface area contributed by atoms with Gasteiger partial charge in [-0.05, 0) is 48.7 Å². The Morgan fingerprint density at radius 2 is 1.66 bits per heavy atom. The fourth-order valence-electron chi connectivity index (χ4n) is 3.15. The van der Waals surface area contributed by atoms with E-state index in [0.29, 0.717) is 18.7 Å². The minimum atomic E-state index is -4.52. The van der Waals surface area contributed by atoms with Crippen LogP contribution in [0.25, 0.3) is 0 Å². The number of hydrogen-bond donors (Lipinski definition) is 1. The number of carbonyl (C=O) groups excluding carboxylic acids is 1. The van der Waals surface area contributed by atoms with Gasteiger partial charge in [-0.15, -0.1) is 0 Å². The van der Waals surface area contributed by atoms with Crippen molar-refractivity contribution < 1.29 is 26.4 Å². The Hall–Kier alpha value is -2.39. The van der Waals surface area contributed by atoms with Crippen LogP contribution in [0.5, 0.6) is 0 Å². The third-order valence-electron chi connectivity index (χ3n) is 4.78. The van der Waals surface area contributed by atoms with Crippen LogP contribution < -0.4 is 5.32 Å². The van der Waals surface area contributed by atoms with Gasteiger partial charge in [-0.2, -0.15) is 17.5 Å². The van der Waals surface area contributed by atoms with Crippen LogP contribution in [0.3, 0.4) is 0 Å². The molecule has 1 fully saturated rings. The third-order valence-corrected chi connectivity index (χ3v) is 6.69. The molecule has 1 heterocycles. The summed E-state index contributed by atoms with van der Waals surface area (Å²) in [5.74, 6) is -0.638. The van der Waals surface area contributed by atoms with E-state index in [-0.39, 0.29) is 17.0 Å². The first-order valence-electron chi connectivity index (χ1n) is 9.22. The largest absolute Gasteiger partial charge is 0.416 e. The highest BCUT2D eigenvalue weighted by Crippen LogP contribution is 2.29. The Balaban J connectivity index is 1.64. The minimum Gasteiger partial charge on any atom is -0.348 e. The number of hydrogen-bond acceptors (Lipinski definition) is 3. The summed E-state index contributed by atoms with van der Waals surface area (Å²) in [7, 11) is -3.53. The number of sulfonamides is 1. The lowest BCUT2D eigenvalue weighted by atomic mass is 10.1. The monoisotopic (exact) mass is 426 g/mol. The highest BCUT2D eigenvalue weighted by atomic mass is 32.2. The van der Waals surface area contributed by atoms with Crippen LogP contribution in [-0.2, 0) is 22.7 Å². The highest BCUT2D eigenvalue weighted by Gasteiger charge is 2.31. The van der Waals surface area contributed by atoms with E-state index in [1.54, 1.807) is 12.1 Å². The third kappa shape index (κ3) is 5.16. The summed E-state index contributed by atoms with van der Waals surface area (Å²) < 4.78 is 65.0. The fourth-order valence-corrected chi connectivity index (χ4v) is 4.67. The van der Waals surface area contributed by atoms with Crippen LogP contribution in [0.4, 0.5) is 13.2 Å². The predicted molar refractivity (Wildman–Crippen MR) is 102 cm³/mol. The number of nitrogens with zero attached hydrogens (tertiary/aromatic N) is 1. The number of nitrogens with one attached hydrogen (secondary N) is 1. The van der Waals surface area contributed by atoms with Gasteiger partial charge in [0.25, 0.3) is 5.91 Å². The molecular formula is C20H21F3N2O3S. The Bertz CT molecular complexity index is 967. The van der Waals surface area contributed by atoms with E-state index in [9.17, 15) is 26.4 Å². The van der Waals surface area contributed by atoms with Crippen LogP contribution in [0, 0.1) is 0 Å². The van der Waals surface area contributed by atoms with E-state index in [4.69, 9.17) is 0 Å². The molecule has 1 N–H and O–H groups in total. The fraction of sp³-hybridized carbons (Fsp3) is 0.350. The number of alkyl halides is 3. The predicted octanol–water partition coefficient (Wildman–Crippen LogP) is 3.81. The van der Waals surface area contributed by atoms with E-state index in [0.717, 1.165) is 31.4 Å². The summed E-state index contributed by atoms with van der Waals surface area (Å²) in [5, 5.41) is 2.55. The molecule has 0 aliphatic carbocycles. The zero-order chi connectivity index (χ0) is 21.1. The van der Waals surface area contributed by atoms with E-state index >= 15 is 0 Å². The molecule has 2 aromatic carbocycles. The first-order chi connectivity index (χ1) is 13.7. The van der Waals surface area contributed by atoms with Gasteiger partial charge in [-0.3, -0.25) is 4.79 Å². The molecule has 9 heteroatoms. The molecule has 0 radical (unpaired) electrons. The Kier molecular flexibility index (Phi) is 6.28. The molecule has 156 valence electrons. The second kappa shape index (κ2) is 8.54. The summed E-state index contributed by atoms with van der Waals surface area (Å²) in [4.78, 5) is 12.3. The molecule has 3 rings (SSSR count). The lowest BCUT2D eigenvalue weighted by molar-refractivity contribution is -0.137. The normalized spacial score (nSPS) is 15.8. The molecule has 0 unspecified atom stereocenters. The molecule has 0 spiro atoms. The molecule has 2 aromatic rings. The van der Waals surface area contributed by atoms with Gasteiger partial charge in [0.05, 0.1) is 10.5 Å². The molecule has 5 nitrogen and oxygen atoms in total. The average Bonchev–Trinajstić information content (AvgIpc) is 2.72. The maximum atomic E-state index is 12.8. The highest BCUT2D eigenvalue weighted by molar-refractivity contribution is 7.89. The molecule has 29 heavy (non-hydrogen) atoms. The second-order valence-corrected chi connectivity index (χ2v) is 8.81. The quantitative estimate of drug-likeness (QED) is 0.791. The zero-order valence-corrected chi connectivity index (χ0v) is 16.4. The lowest BCUT2D eigenvalue weighted by Gasteiger charge is -2.25. The van der Waals surface area contributed by atoms with Crippen LogP contribution in [0.15, 0.2) is 53.4 Å². The van der Waals surface area contributed by atoms with Gasteiger partial charge >= 0.3 is 6.18 Å². The van der Waals surface area contributed by atoms with Crippen molar-refractivity contribution in [1.82, 2.24) is 9.62 Å². The maximum absolute atomic E-state index is 12.8.